The van der Waals surface area contributed by atoms with Crippen LogP contribution >= 0.6 is 11.3 Å². The van der Waals surface area contributed by atoms with Crippen molar-refractivity contribution in [1.29, 1.82) is 0 Å². The van der Waals surface area contributed by atoms with E-state index in [2.05, 4.69) is 16.7 Å². The SMILES string of the molecule is Cc1ccc(NC(=O)CN(C)C(=O)[C@@H](C)N[C@H](c2ccccc2)c2cccs2)cc1. The van der Waals surface area contributed by atoms with Crippen molar-refractivity contribution in [2.45, 2.75) is 25.9 Å². The summed E-state index contributed by atoms with van der Waals surface area (Å²) in [5, 5.41) is 8.29. The number of thiophene rings is 1. The number of benzene rings is 2. The van der Waals surface area contributed by atoms with E-state index in [1.165, 1.54) is 4.90 Å². The van der Waals surface area contributed by atoms with Gasteiger partial charge in [0.15, 0.2) is 0 Å². The van der Waals surface area contributed by atoms with Crippen LogP contribution in [0.5, 0.6) is 0 Å². The highest BCUT2D eigenvalue weighted by atomic mass is 32.1. The number of nitrogens with zero attached hydrogens (tertiary/aromatic N) is 1. The number of anilines is 1. The van der Waals surface area contributed by atoms with Crippen molar-refractivity contribution < 1.29 is 9.59 Å². The molecule has 0 spiro atoms. The van der Waals surface area contributed by atoms with E-state index in [1.807, 2.05) is 79.9 Å². The molecule has 3 aromatic rings. The molecule has 156 valence electrons. The number of hydrogen-bond acceptors (Lipinski definition) is 4. The predicted octanol–water partition coefficient (Wildman–Crippen LogP) is 4.22. The van der Waals surface area contributed by atoms with Gasteiger partial charge in [0, 0.05) is 17.6 Å². The molecule has 5 nitrogen and oxygen atoms in total. The lowest BCUT2D eigenvalue weighted by molar-refractivity contribution is -0.134. The maximum atomic E-state index is 12.9. The average molecular weight is 422 g/mol. The molecule has 0 fully saturated rings. The molecule has 0 saturated carbocycles. The summed E-state index contributed by atoms with van der Waals surface area (Å²) in [4.78, 5) is 27.8. The normalized spacial score (nSPS) is 12.8. The highest BCUT2D eigenvalue weighted by Gasteiger charge is 2.24. The van der Waals surface area contributed by atoms with Crippen LogP contribution in [0.1, 0.15) is 29.0 Å². The lowest BCUT2D eigenvalue weighted by atomic mass is 10.0. The van der Waals surface area contributed by atoms with Crippen molar-refractivity contribution >= 4 is 28.8 Å². The van der Waals surface area contributed by atoms with Crippen molar-refractivity contribution in [3.63, 3.8) is 0 Å². The molecule has 3 rings (SSSR count). The van der Waals surface area contributed by atoms with Gasteiger partial charge in [0.05, 0.1) is 18.6 Å². The van der Waals surface area contributed by atoms with Gasteiger partial charge in [-0.1, -0.05) is 54.1 Å². The molecule has 0 unspecified atom stereocenters. The summed E-state index contributed by atoms with van der Waals surface area (Å²) in [5.74, 6) is -0.355. The molecule has 1 aromatic heterocycles. The smallest absolute Gasteiger partial charge is 0.243 e. The lowest BCUT2D eigenvalue weighted by Gasteiger charge is -2.26. The second kappa shape index (κ2) is 10.2. The summed E-state index contributed by atoms with van der Waals surface area (Å²) in [5.41, 5.74) is 2.94. The fourth-order valence-corrected chi connectivity index (χ4v) is 4.04. The van der Waals surface area contributed by atoms with Crippen LogP contribution in [0.3, 0.4) is 0 Å². The van der Waals surface area contributed by atoms with Crippen molar-refractivity contribution in [2.24, 2.45) is 0 Å². The lowest BCUT2D eigenvalue weighted by Crippen LogP contribution is -2.46. The highest BCUT2D eigenvalue weighted by molar-refractivity contribution is 7.10. The van der Waals surface area contributed by atoms with Gasteiger partial charge in [-0.05, 0) is 43.0 Å². The van der Waals surface area contributed by atoms with Gasteiger partial charge in [-0.25, -0.2) is 0 Å². The quantitative estimate of drug-likeness (QED) is 0.572. The van der Waals surface area contributed by atoms with Gasteiger partial charge in [-0.2, -0.15) is 0 Å². The van der Waals surface area contributed by atoms with Gasteiger partial charge >= 0.3 is 0 Å². The zero-order valence-corrected chi connectivity index (χ0v) is 18.3. The highest BCUT2D eigenvalue weighted by Crippen LogP contribution is 2.26. The first-order valence-corrected chi connectivity index (χ1v) is 10.8. The third kappa shape index (κ3) is 5.78. The van der Waals surface area contributed by atoms with E-state index in [4.69, 9.17) is 0 Å². The molecule has 30 heavy (non-hydrogen) atoms. The molecule has 0 saturated heterocycles. The number of amides is 2. The Kier molecular flexibility index (Phi) is 7.38. The van der Waals surface area contributed by atoms with Gasteiger partial charge in [0.25, 0.3) is 0 Å². The third-order valence-corrected chi connectivity index (χ3v) is 5.78. The molecule has 2 amide bonds. The average Bonchev–Trinajstić information content (AvgIpc) is 3.28. The van der Waals surface area contributed by atoms with Gasteiger partial charge in [0.1, 0.15) is 0 Å². The molecule has 2 N–H and O–H groups in total. The van der Waals surface area contributed by atoms with Crippen molar-refractivity contribution in [3.05, 3.63) is 88.1 Å². The largest absolute Gasteiger partial charge is 0.335 e. The zero-order valence-electron chi connectivity index (χ0n) is 17.5. The number of likely N-dealkylation sites (N-methyl/N-ethyl adjacent to an activating group) is 1. The van der Waals surface area contributed by atoms with E-state index in [9.17, 15) is 9.59 Å². The fourth-order valence-electron chi connectivity index (χ4n) is 3.23. The minimum Gasteiger partial charge on any atom is -0.335 e. The number of rotatable bonds is 8. The molecule has 1 heterocycles. The van der Waals surface area contributed by atoms with Crippen molar-refractivity contribution in [1.82, 2.24) is 10.2 Å². The fraction of sp³-hybridized carbons (Fsp3) is 0.250. The molecular formula is C24H27N3O2S. The number of nitrogens with one attached hydrogen (secondary N) is 2. The van der Waals surface area contributed by atoms with Crippen LogP contribution in [0.4, 0.5) is 5.69 Å². The van der Waals surface area contributed by atoms with E-state index >= 15 is 0 Å². The molecule has 2 aromatic carbocycles. The Bertz CT molecular complexity index is 956. The molecule has 0 aliphatic carbocycles. The minimum absolute atomic E-state index is 0.00621. The zero-order chi connectivity index (χ0) is 21.5. The van der Waals surface area contributed by atoms with E-state index in [0.717, 1.165) is 21.7 Å². The van der Waals surface area contributed by atoms with Gasteiger partial charge in [-0.3, -0.25) is 14.9 Å². The standard InChI is InChI=1S/C24H27N3O2S/c1-17-11-13-20(14-12-17)26-22(28)16-27(3)24(29)18(2)25-23(21-10-7-15-30-21)19-8-5-4-6-9-19/h4-15,18,23,25H,16H2,1-3H3,(H,26,28)/t18-,23-/m1/s1. The number of carbonyl (C=O) groups excluding carboxylic acids is 2. The van der Waals surface area contributed by atoms with Crippen molar-refractivity contribution in [2.75, 3.05) is 18.9 Å². The van der Waals surface area contributed by atoms with Crippen LogP contribution in [-0.4, -0.2) is 36.3 Å². The molecule has 0 radical (unpaired) electrons. The Morgan fingerprint density at radius 3 is 2.33 bits per heavy atom. The Morgan fingerprint density at radius 1 is 1.00 bits per heavy atom. The Balaban J connectivity index is 1.61. The summed E-state index contributed by atoms with van der Waals surface area (Å²) in [6.45, 7) is 3.82. The van der Waals surface area contributed by atoms with Crippen molar-refractivity contribution in [3.8, 4) is 0 Å². The van der Waals surface area contributed by atoms with Gasteiger partial charge in [-0.15, -0.1) is 11.3 Å². The maximum Gasteiger partial charge on any atom is 0.243 e. The first kappa shape index (κ1) is 21.7. The first-order chi connectivity index (χ1) is 14.4. The topological polar surface area (TPSA) is 61.4 Å². The monoisotopic (exact) mass is 421 g/mol. The summed E-state index contributed by atoms with van der Waals surface area (Å²) in [7, 11) is 1.65. The van der Waals surface area contributed by atoms with E-state index in [-0.39, 0.29) is 24.4 Å². The van der Waals surface area contributed by atoms with E-state index in [0.29, 0.717) is 0 Å². The molecule has 0 bridgehead atoms. The summed E-state index contributed by atoms with van der Waals surface area (Å²) >= 11 is 1.65. The van der Waals surface area contributed by atoms with Gasteiger partial charge < -0.3 is 10.2 Å². The van der Waals surface area contributed by atoms with E-state index < -0.39 is 6.04 Å². The molecule has 2 atom stereocenters. The Morgan fingerprint density at radius 2 is 1.70 bits per heavy atom. The summed E-state index contributed by atoms with van der Waals surface area (Å²) in [6.07, 6.45) is 0. The van der Waals surface area contributed by atoms with Crippen LogP contribution in [0.2, 0.25) is 0 Å². The third-order valence-electron chi connectivity index (χ3n) is 4.84. The number of hydrogen-bond donors (Lipinski definition) is 2. The molecule has 0 aliphatic heterocycles. The molecule has 6 heteroatoms. The Labute approximate surface area is 181 Å². The summed E-state index contributed by atoms with van der Waals surface area (Å²) < 4.78 is 0. The predicted molar refractivity (Wildman–Crippen MR) is 123 cm³/mol. The minimum atomic E-state index is -0.450. The van der Waals surface area contributed by atoms with E-state index in [1.54, 1.807) is 18.4 Å². The Hall–Kier alpha value is -2.96. The number of aryl methyl sites for hydroxylation is 1. The molecular weight excluding hydrogens is 394 g/mol. The van der Waals surface area contributed by atoms with Crippen LogP contribution < -0.4 is 10.6 Å². The maximum absolute atomic E-state index is 12.9. The van der Waals surface area contributed by atoms with Crippen LogP contribution in [0, 0.1) is 6.92 Å². The van der Waals surface area contributed by atoms with Gasteiger partial charge in [0.2, 0.25) is 11.8 Å². The summed E-state index contributed by atoms with van der Waals surface area (Å²) in [6, 6.07) is 21.2. The second-order valence-corrected chi connectivity index (χ2v) is 8.34. The molecule has 0 aliphatic rings. The second-order valence-electron chi connectivity index (χ2n) is 7.36. The number of carbonyl (C=O) groups is 2. The first-order valence-electron chi connectivity index (χ1n) is 9.90. The van der Waals surface area contributed by atoms with Crippen LogP contribution in [0.15, 0.2) is 72.1 Å². The van der Waals surface area contributed by atoms with Crippen LogP contribution in [0.25, 0.3) is 0 Å². The van der Waals surface area contributed by atoms with Crippen LogP contribution in [-0.2, 0) is 9.59 Å².